The van der Waals surface area contributed by atoms with Gasteiger partial charge in [0.05, 0.1) is 75.7 Å². The van der Waals surface area contributed by atoms with Gasteiger partial charge in [-0.25, -0.2) is 9.78 Å². The lowest BCUT2D eigenvalue weighted by Crippen LogP contribution is -2.46. The Bertz CT molecular complexity index is 3780. The number of esters is 1. The Kier molecular flexibility index (Phi) is 28.4. The van der Waals surface area contributed by atoms with Gasteiger partial charge in [0.15, 0.2) is 11.6 Å². The van der Waals surface area contributed by atoms with Gasteiger partial charge in [-0.15, -0.1) is 0 Å². The van der Waals surface area contributed by atoms with E-state index < -0.39 is 23.9 Å². The summed E-state index contributed by atoms with van der Waals surface area (Å²) in [5, 5.41) is 12.4. The number of pyridine rings is 1. The molecule has 502 valence electrons. The largest absolute Gasteiger partial charge is 0.461 e. The van der Waals surface area contributed by atoms with Crippen molar-refractivity contribution in [3.8, 4) is 11.8 Å². The number of Topliss-reactive ketones (excluding diaryl/α,β-unsaturated/α-hetero) is 3. The number of ether oxygens (including phenoxy) is 5. The van der Waals surface area contributed by atoms with E-state index in [1.807, 2.05) is 92.7 Å². The molecule has 20 heteroatoms. The first-order chi connectivity index (χ1) is 46.1. The smallest absolute Gasteiger partial charge is 0.312 e. The van der Waals surface area contributed by atoms with Crippen molar-refractivity contribution >= 4 is 74.5 Å². The van der Waals surface area contributed by atoms with Gasteiger partial charge in [0.1, 0.15) is 23.7 Å². The van der Waals surface area contributed by atoms with Crippen LogP contribution in [0, 0.1) is 23.7 Å². The molecule has 8 rings (SSSR count). The number of para-hydroxylation sites is 2. The minimum Gasteiger partial charge on any atom is -0.461 e. The van der Waals surface area contributed by atoms with Crippen LogP contribution in [0.1, 0.15) is 136 Å². The van der Waals surface area contributed by atoms with Crippen molar-refractivity contribution < 1.29 is 57.2 Å². The van der Waals surface area contributed by atoms with Crippen molar-refractivity contribution in [3.63, 3.8) is 0 Å². The summed E-state index contributed by atoms with van der Waals surface area (Å²) < 4.78 is 30.2. The Labute approximate surface area is 556 Å². The van der Waals surface area contributed by atoms with Crippen LogP contribution in [-0.2, 0) is 91.4 Å². The van der Waals surface area contributed by atoms with E-state index in [4.69, 9.17) is 40.3 Å². The predicted octanol–water partition coefficient (Wildman–Crippen LogP) is 10.0. The Hall–Kier alpha value is -9.13. The molecule has 0 saturated heterocycles. The van der Waals surface area contributed by atoms with Crippen molar-refractivity contribution in [2.45, 2.75) is 136 Å². The summed E-state index contributed by atoms with van der Waals surface area (Å²) in [6, 6.07) is 37.2. The fourth-order valence-electron chi connectivity index (χ4n) is 11.3. The molecular weight excluding hydrogens is 1200 g/mol. The highest BCUT2D eigenvalue weighted by molar-refractivity contribution is 6.09. The Morgan fingerprint density at radius 2 is 1.29 bits per heavy atom. The molecule has 4 amide bonds. The van der Waals surface area contributed by atoms with Crippen LogP contribution < -0.4 is 27.0 Å². The topological polar surface area (TPSA) is 276 Å². The molecule has 3 heterocycles. The van der Waals surface area contributed by atoms with Crippen LogP contribution in [0.5, 0.6) is 0 Å². The number of benzene rings is 5. The Morgan fingerprint density at radius 3 is 2.02 bits per heavy atom. The molecule has 1 aliphatic heterocycles. The fourth-order valence-corrected chi connectivity index (χ4v) is 11.3. The zero-order valence-corrected chi connectivity index (χ0v) is 55.0. The van der Waals surface area contributed by atoms with E-state index in [9.17, 15) is 33.6 Å². The number of carbonyl (C=O) groups excluding carboxylic acids is 7. The van der Waals surface area contributed by atoms with Gasteiger partial charge >= 0.3 is 12.0 Å². The highest BCUT2D eigenvalue weighted by atomic mass is 16.6. The number of nitrogens with two attached hydrogens (primary N) is 2. The maximum Gasteiger partial charge on any atom is 0.312 e. The minimum atomic E-state index is -0.895. The maximum atomic E-state index is 13.9. The van der Waals surface area contributed by atoms with Crippen LogP contribution in [0.2, 0.25) is 0 Å². The zero-order chi connectivity index (χ0) is 67.3. The molecule has 0 fully saturated rings. The third kappa shape index (κ3) is 22.5. The van der Waals surface area contributed by atoms with Crippen LogP contribution >= 0.6 is 0 Å². The van der Waals surface area contributed by atoms with Gasteiger partial charge in [-0.05, 0) is 90.1 Å². The summed E-state index contributed by atoms with van der Waals surface area (Å²) in [4.78, 5) is 97.7. The number of urea groups is 1. The first-order valence-electron chi connectivity index (χ1n) is 33.2. The number of fused-ring (bicyclic) bond motifs is 5. The molecule has 0 saturated carbocycles. The molecule has 6 N–H and O–H groups in total. The summed E-state index contributed by atoms with van der Waals surface area (Å²) in [7, 11) is 0. The molecule has 2 aromatic heterocycles. The van der Waals surface area contributed by atoms with E-state index in [1.165, 1.54) is 0 Å². The highest BCUT2D eigenvalue weighted by Crippen LogP contribution is 2.33. The molecule has 2 atom stereocenters. The molecule has 0 bridgehead atoms. The normalized spacial score (nSPS) is 12.4. The number of hydrogen-bond donors (Lipinski definition) is 4. The summed E-state index contributed by atoms with van der Waals surface area (Å²) in [6.07, 6.45) is 5.18. The summed E-state index contributed by atoms with van der Waals surface area (Å²) in [6.45, 7) is 9.80. The molecule has 5 aromatic carbocycles. The average Bonchev–Trinajstić information content (AvgIpc) is 1.64. The second kappa shape index (κ2) is 37.7. The van der Waals surface area contributed by atoms with E-state index in [0.29, 0.717) is 89.7 Å². The zero-order valence-electron chi connectivity index (χ0n) is 55.0. The van der Waals surface area contributed by atoms with Crippen LogP contribution in [-0.4, -0.2) is 121 Å². The monoisotopic (exact) mass is 1290 g/mol. The quantitative estimate of drug-likeness (QED) is 0.0158. The van der Waals surface area contributed by atoms with Crippen molar-refractivity contribution in [2.75, 3.05) is 70.0 Å². The molecule has 0 aliphatic carbocycles. The molecule has 0 unspecified atom stereocenters. The molecule has 20 nitrogen and oxygen atoms in total. The Balaban J connectivity index is 0.671. The lowest BCUT2D eigenvalue weighted by Gasteiger charge is -2.26. The van der Waals surface area contributed by atoms with Gasteiger partial charge in [0.25, 0.3) is 0 Å². The number of nitrogen functional groups attached to an aromatic ring is 1. The second-order valence-electron chi connectivity index (χ2n) is 24.2. The van der Waals surface area contributed by atoms with Gasteiger partial charge < -0.3 is 50.7 Å². The van der Waals surface area contributed by atoms with Gasteiger partial charge in [-0.3, -0.25) is 33.4 Å². The number of amides is 4. The summed E-state index contributed by atoms with van der Waals surface area (Å²) >= 11 is 0. The third-order valence-corrected chi connectivity index (χ3v) is 16.7. The molecule has 0 spiro atoms. The van der Waals surface area contributed by atoms with Gasteiger partial charge in [0, 0.05) is 98.9 Å². The number of anilines is 2. The van der Waals surface area contributed by atoms with Crippen LogP contribution in [0.4, 0.5) is 16.3 Å². The molecular formula is C75H90N8O12. The van der Waals surface area contributed by atoms with E-state index in [1.54, 1.807) is 29.2 Å². The number of ketones is 3. The number of unbranched alkanes of at least 4 members (excludes halogenated alkanes) is 1. The number of rotatable bonds is 41. The number of nitrogens with one attached hydrogen (secondary N) is 2. The SMILES string of the molecule is CCCCn1nc2c(N)nc3ccccc3c2c1Cc1ccc(CCC(=O)OCc2ccc(CC(=O)[C@H](CCCNC(N)=O)NC(=O)[C@@H](CC(=O)CCOCCOCCOCCOCCCC(=O)CCC(=O)N3Cc4ccccc4C#Cc4ccccc43)C(C)C)cc2)cc1. The predicted molar refractivity (Wildman–Crippen MR) is 365 cm³/mol. The van der Waals surface area contributed by atoms with Crippen molar-refractivity contribution in [1.29, 1.82) is 0 Å². The van der Waals surface area contributed by atoms with E-state index in [-0.39, 0.29) is 106 Å². The first-order valence-corrected chi connectivity index (χ1v) is 33.2. The van der Waals surface area contributed by atoms with Crippen LogP contribution in [0.15, 0.2) is 121 Å². The van der Waals surface area contributed by atoms with E-state index in [0.717, 1.165) is 86.0 Å². The van der Waals surface area contributed by atoms with Crippen molar-refractivity contribution in [3.05, 3.63) is 166 Å². The molecule has 95 heavy (non-hydrogen) atoms. The number of hydrogen-bond acceptors (Lipinski definition) is 15. The number of aromatic nitrogens is 3. The maximum absolute atomic E-state index is 13.9. The van der Waals surface area contributed by atoms with Gasteiger partial charge in [0.2, 0.25) is 11.8 Å². The second-order valence-corrected chi connectivity index (χ2v) is 24.2. The third-order valence-electron chi connectivity index (χ3n) is 16.7. The highest BCUT2D eigenvalue weighted by Gasteiger charge is 2.30. The van der Waals surface area contributed by atoms with Crippen molar-refractivity contribution in [1.82, 2.24) is 25.4 Å². The number of primary amides is 1. The lowest BCUT2D eigenvalue weighted by molar-refractivity contribution is -0.145. The lowest BCUT2D eigenvalue weighted by atomic mass is 9.88. The average molecular weight is 1300 g/mol. The van der Waals surface area contributed by atoms with Crippen molar-refractivity contribution in [2.24, 2.45) is 17.6 Å². The first kappa shape index (κ1) is 71.7. The van der Waals surface area contributed by atoms with Crippen LogP contribution in [0.3, 0.4) is 0 Å². The Morgan fingerprint density at radius 1 is 0.653 bits per heavy atom. The van der Waals surface area contributed by atoms with Gasteiger partial charge in [-0.1, -0.05) is 136 Å². The number of nitrogens with zero attached hydrogens (tertiary/aromatic N) is 4. The molecule has 1 aliphatic rings. The summed E-state index contributed by atoms with van der Waals surface area (Å²) in [5.41, 5.74) is 21.3. The standard InChI is InChI=1S/C75H90N8O12/c1-4-5-38-83-67(71-62-18-9-10-19-64(62)79-73(76)72(71)81-83)47-54-24-22-53(23-25-54)30-35-70(88)95-51-56-28-26-55(27-29-56)48-68(86)65(20-12-37-78-75(77)90)80-74(89)63(52(2)3)49-61(85)36-40-92-42-44-94-46-45-93-43-41-91-39-13-17-60(84)33-34-69(87)82-50-59-16-7-6-14-57(59)31-32-58-15-8-11-21-66(58)82/h6-11,14-16,18-19,21-29,52,63,65H,4-5,12-13,17,20,30,33-51H2,1-3H3,(H2,76,79)(H,80,89)(H3,77,78,90)/t63-,65-/m0/s1. The van der Waals surface area contributed by atoms with Crippen LogP contribution in [0.25, 0.3) is 21.8 Å². The molecule has 0 radical (unpaired) electrons. The van der Waals surface area contributed by atoms with E-state index in [2.05, 4.69) is 57.3 Å². The minimum absolute atomic E-state index is 0.00745. The summed E-state index contributed by atoms with van der Waals surface area (Å²) in [5.74, 6) is 4.67. The fraction of sp³-hybridized carbons (Fsp3) is 0.427. The van der Waals surface area contributed by atoms with Gasteiger partial charge in [-0.2, -0.15) is 5.10 Å². The number of carbonyl (C=O) groups is 7. The van der Waals surface area contributed by atoms with E-state index >= 15 is 0 Å². The molecule has 7 aromatic rings. The number of aryl methyl sites for hydroxylation is 2.